The van der Waals surface area contributed by atoms with Gasteiger partial charge in [-0.25, -0.2) is 4.98 Å². The van der Waals surface area contributed by atoms with Gasteiger partial charge in [-0.1, -0.05) is 20.8 Å². The fourth-order valence-corrected chi connectivity index (χ4v) is 2.90. The van der Waals surface area contributed by atoms with E-state index in [2.05, 4.69) is 54.8 Å². The summed E-state index contributed by atoms with van der Waals surface area (Å²) < 4.78 is 6.97. The highest BCUT2D eigenvalue weighted by Gasteiger charge is 2.28. The van der Waals surface area contributed by atoms with Gasteiger partial charge in [0.05, 0.1) is 6.10 Å². The highest BCUT2D eigenvalue weighted by Crippen LogP contribution is 2.36. The normalized spacial score (nSPS) is 14.2. The molecule has 0 fully saturated rings. The summed E-state index contributed by atoms with van der Waals surface area (Å²) in [6.45, 7) is 10.9. The molecule has 0 saturated heterocycles. The summed E-state index contributed by atoms with van der Waals surface area (Å²) in [6.07, 6.45) is 1.95. The summed E-state index contributed by atoms with van der Waals surface area (Å²) in [4.78, 5) is 4.15. The van der Waals surface area contributed by atoms with Gasteiger partial charge in [-0.15, -0.1) is 0 Å². The van der Waals surface area contributed by atoms with Crippen molar-refractivity contribution >= 4 is 25.0 Å². The van der Waals surface area contributed by atoms with Crippen LogP contribution in [-0.2, 0) is 4.43 Å². The summed E-state index contributed by atoms with van der Waals surface area (Å²) in [5.41, 5.74) is 1.29. The van der Waals surface area contributed by atoms with Crippen LogP contribution in [0.5, 0.6) is 0 Å². The lowest BCUT2D eigenvalue weighted by molar-refractivity contribution is 0.0865. The number of aromatic nitrogens is 1. The predicted molar refractivity (Wildman–Crippen MR) is 72.7 cm³/mol. The number of nitrogens with zero attached hydrogens (tertiary/aromatic N) is 1. The van der Waals surface area contributed by atoms with Crippen LogP contribution in [0.3, 0.4) is 0 Å². The van der Waals surface area contributed by atoms with Crippen LogP contribution < -0.4 is 0 Å². The molecule has 1 rings (SSSR count). The molecule has 0 aliphatic heterocycles. The summed E-state index contributed by atoms with van der Waals surface area (Å²) in [5, 5.41) is 0. The third-order valence-electron chi connectivity index (χ3n) is 2.19. The Kier molecular flexibility index (Phi) is 4.70. The molecule has 89 valence electrons. The predicted octanol–water partition coefficient (Wildman–Crippen LogP) is 4.20. The zero-order chi connectivity index (χ0) is 12.3. The molecule has 1 aromatic rings. The van der Waals surface area contributed by atoms with E-state index in [0.717, 1.165) is 4.60 Å². The van der Waals surface area contributed by atoms with E-state index in [1.54, 1.807) is 0 Å². The van der Waals surface area contributed by atoms with Crippen LogP contribution in [0.15, 0.2) is 22.9 Å². The van der Waals surface area contributed by atoms with Gasteiger partial charge in [-0.05, 0) is 52.1 Å². The van der Waals surface area contributed by atoms with Crippen molar-refractivity contribution in [2.24, 2.45) is 5.41 Å². The number of hydrogen-bond donors (Lipinski definition) is 0. The molecule has 0 aliphatic carbocycles. The van der Waals surface area contributed by atoms with Crippen molar-refractivity contribution in [1.82, 2.24) is 4.98 Å². The third-order valence-corrected chi connectivity index (χ3v) is 3.33. The number of hydrogen-bond acceptors (Lipinski definition) is 2. The molecule has 4 heteroatoms. The van der Waals surface area contributed by atoms with Gasteiger partial charge >= 0.3 is 0 Å². The summed E-state index contributed by atoms with van der Waals surface area (Å²) >= 11 is 3.41. The van der Waals surface area contributed by atoms with E-state index in [0.29, 0.717) is 0 Å². The molecule has 2 nitrogen and oxygen atoms in total. The first-order chi connectivity index (χ1) is 7.30. The van der Waals surface area contributed by atoms with Gasteiger partial charge in [0.25, 0.3) is 0 Å². The van der Waals surface area contributed by atoms with Gasteiger partial charge in [-0.3, -0.25) is 0 Å². The average molecular weight is 301 g/mol. The molecular formula is C12H19BrNOSi. The van der Waals surface area contributed by atoms with Gasteiger partial charge in [0.2, 0.25) is 9.04 Å². The lowest BCUT2D eigenvalue weighted by Gasteiger charge is -2.32. The Labute approximate surface area is 108 Å². The smallest absolute Gasteiger partial charge is 0.205 e. The summed E-state index contributed by atoms with van der Waals surface area (Å²) in [6, 6.07) is 4.08. The van der Waals surface area contributed by atoms with Crippen LogP contribution in [-0.4, -0.2) is 14.0 Å². The second kappa shape index (κ2) is 5.43. The van der Waals surface area contributed by atoms with Crippen LogP contribution in [0.4, 0.5) is 0 Å². The monoisotopic (exact) mass is 300 g/mol. The Hall–Kier alpha value is -0.193. The van der Waals surface area contributed by atoms with Crippen molar-refractivity contribution in [2.45, 2.75) is 40.0 Å². The van der Waals surface area contributed by atoms with Crippen LogP contribution >= 0.6 is 15.9 Å². The minimum atomic E-state index is -0.711. The molecule has 0 aliphatic rings. The summed E-state index contributed by atoms with van der Waals surface area (Å²) in [5.74, 6) is 0. The van der Waals surface area contributed by atoms with E-state index in [1.165, 1.54) is 5.56 Å². The Bertz CT molecular complexity index is 349. The molecule has 1 aromatic heterocycles. The van der Waals surface area contributed by atoms with E-state index in [4.69, 9.17) is 4.43 Å². The largest absolute Gasteiger partial charge is 0.410 e. The van der Waals surface area contributed by atoms with Crippen LogP contribution in [0.25, 0.3) is 0 Å². The van der Waals surface area contributed by atoms with Gasteiger partial charge in [0.15, 0.2) is 0 Å². The SMILES string of the molecule is C[Si](C)OC(c1ccnc(Br)c1)C(C)(C)C. The Morgan fingerprint density at radius 1 is 1.38 bits per heavy atom. The molecule has 1 unspecified atom stereocenters. The fraction of sp³-hybridized carbons (Fsp3) is 0.583. The molecule has 0 N–H and O–H groups in total. The van der Waals surface area contributed by atoms with Crippen molar-refractivity contribution in [3.8, 4) is 0 Å². The van der Waals surface area contributed by atoms with Crippen molar-refractivity contribution in [3.63, 3.8) is 0 Å². The maximum absolute atomic E-state index is 6.11. The maximum atomic E-state index is 6.11. The first-order valence-corrected chi connectivity index (χ1v) is 8.59. The lowest BCUT2D eigenvalue weighted by atomic mass is 9.85. The zero-order valence-corrected chi connectivity index (χ0v) is 13.1. The van der Waals surface area contributed by atoms with Crippen LogP contribution in [0.2, 0.25) is 13.1 Å². The second-order valence-electron chi connectivity index (χ2n) is 5.18. The molecule has 16 heavy (non-hydrogen) atoms. The molecule has 0 spiro atoms. The fourth-order valence-electron chi connectivity index (χ4n) is 1.56. The standard InChI is InChI=1S/C12H19BrNOSi/c1-12(2,3)11(15-16(4)5)9-6-7-14-10(13)8-9/h6-8,11H,1-5H3. The summed E-state index contributed by atoms with van der Waals surface area (Å²) in [7, 11) is -0.711. The second-order valence-corrected chi connectivity index (χ2v) is 8.05. The van der Waals surface area contributed by atoms with E-state index in [-0.39, 0.29) is 11.5 Å². The van der Waals surface area contributed by atoms with E-state index < -0.39 is 9.04 Å². The molecule has 0 bridgehead atoms. The van der Waals surface area contributed by atoms with E-state index in [1.807, 2.05) is 18.3 Å². The van der Waals surface area contributed by atoms with Gasteiger partial charge in [-0.2, -0.15) is 0 Å². The quantitative estimate of drug-likeness (QED) is 0.616. The highest BCUT2D eigenvalue weighted by atomic mass is 79.9. The Balaban J connectivity index is 3.01. The molecule has 1 atom stereocenters. The minimum absolute atomic E-state index is 0.0999. The first-order valence-electron chi connectivity index (χ1n) is 5.39. The Morgan fingerprint density at radius 3 is 2.44 bits per heavy atom. The van der Waals surface area contributed by atoms with Crippen molar-refractivity contribution < 1.29 is 4.43 Å². The number of pyridine rings is 1. The van der Waals surface area contributed by atoms with Gasteiger partial charge in [0, 0.05) is 6.20 Å². The van der Waals surface area contributed by atoms with Crippen LogP contribution in [0.1, 0.15) is 32.4 Å². The molecule has 1 heterocycles. The highest BCUT2D eigenvalue weighted by molar-refractivity contribution is 9.10. The third kappa shape index (κ3) is 4.00. The minimum Gasteiger partial charge on any atom is -0.410 e. The molecule has 0 amide bonds. The van der Waals surface area contributed by atoms with Crippen molar-refractivity contribution in [2.75, 3.05) is 0 Å². The number of halogens is 1. The molecule has 1 radical (unpaired) electrons. The topological polar surface area (TPSA) is 22.1 Å². The lowest BCUT2D eigenvalue weighted by Crippen LogP contribution is -2.25. The molecule has 0 aromatic carbocycles. The van der Waals surface area contributed by atoms with E-state index in [9.17, 15) is 0 Å². The van der Waals surface area contributed by atoms with Crippen molar-refractivity contribution in [1.29, 1.82) is 0 Å². The first kappa shape index (κ1) is 13.9. The maximum Gasteiger partial charge on any atom is 0.205 e. The Morgan fingerprint density at radius 2 is 2.00 bits per heavy atom. The van der Waals surface area contributed by atoms with Gasteiger partial charge in [0.1, 0.15) is 4.60 Å². The van der Waals surface area contributed by atoms with Gasteiger partial charge < -0.3 is 4.43 Å². The molecular weight excluding hydrogens is 282 g/mol. The van der Waals surface area contributed by atoms with E-state index >= 15 is 0 Å². The average Bonchev–Trinajstić information content (AvgIpc) is 2.12. The zero-order valence-electron chi connectivity index (χ0n) is 10.5. The van der Waals surface area contributed by atoms with Crippen molar-refractivity contribution in [3.05, 3.63) is 28.5 Å². The molecule has 0 saturated carbocycles. The van der Waals surface area contributed by atoms with Crippen LogP contribution in [0, 0.1) is 5.41 Å². The number of rotatable bonds is 3.